The van der Waals surface area contributed by atoms with Gasteiger partial charge in [-0.25, -0.2) is 0 Å². The number of piperidine rings is 1. The maximum atomic E-state index is 10.6. The van der Waals surface area contributed by atoms with Gasteiger partial charge in [-0.05, 0) is 59.4 Å². The van der Waals surface area contributed by atoms with E-state index < -0.39 is 21.2 Å². The third-order valence-corrected chi connectivity index (χ3v) is 4.85. The molecule has 128 valence electrons. The summed E-state index contributed by atoms with van der Waals surface area (Å²) in [6.07, 6.45) is 10.6. The first-order valence-corrected chi connectivity index (χ1v) is 15.9. The zero-order valence-electron chi connectivity index (χ0n) is 14.6. The molecule has 0 radical (unpaired) electrons. The fraction of sp³-hybridized carbons (Fsp3) is 0.647. The zero-order valence-corrected chi connectivity index (χ0v) is 19.1. The summed E-state index contributed by atoms with van der Waals surface area (Å²) in [4.78, 5) is 2.08. The Labute approximate surface area is 156 Å². The Morgan fingerprint density at radius 3 is 2.13 bits per heavy atom. The van der Waals surface area contributed by atoms with Crippen molar-refractivity contribution >= 4 is 19.4 Å². The molecule has 2 N–H and O–H groups in total. The predicted octanol–water partition coefficient (Wildman–Crippen LogP) is 3.49. The number of nitrogens with one attached hydrogen (secondary N) is 1. The Hall–Kier alpha value is 0.303. The van der Waals surface area contributed by atoms with Gasteiger partial charge in [0.05, 0.1) is 6.10 Å². The van der Waals surface area contributed by atoms with E-state index in [1.807, 2.05) is 14.1 Å². The monoisotopic (exact) mass is 410 g/mol. The first kappa shape index (κ1) is 21.3. The molecular weight excluding hydrogens is 384 g/mol. The number of likely N-dealkylation sites (N-methyl/N-ethyl adjacent to an activating group) is 1. The van der Waals surface area contributed by atoms with Crippen molar-refractivity contribution in [2.24, 2.45) is 5.92 Å². The molecule has 0 aromatic rings. The topological polar surface area (TPSA) is 35.5 Å². The van der Waals surface area contributed by atoms with Crippen LogP contribution < -0.4 is 5.32 Å². The minimum absolute atomic E-state index is 0.0958. The summed E-state index contributed by atoms with van der Waals surface area (Å²) in [5.74, 6) is 0.0958. The Morgan fingerprint density at radius 1 is 1.22 bits per heavy atom. The Kier molecular flexibility index (Phi) is 9.59. The summed E-state index contributed by atoms with van der Waals surface area (Å²) in [6, 6.07) is 0. The van der Waals surface area contributed by atoms with Gasteiger partial charge in [0.1, 0.15) is 0 Å². The van der Waals surface area contributed by atoms with Crippen LogP contribution in [-0.2, 0) is 15.1 Å². The van der Waals surface area contributed by atoms with E-state index in [2.05, 4.69) is 48.4 Å². The van der Waals surface area contributed by atoms with Gasteiger partial charge in [-0.2, -0.15) is 0 Å². The molecule has 1 atom stereocenters. The molecule has 1 aliphatic heterocycles. The Balaban J connectivity index is 0.000000816. The van der Waals surface area contributed by atoms with Crippen LogP contribution >= 0.6 is 19.4 Å². The van der Waals surface area contributed by atoms with Crippen LogP contribution in [0.5, 0.6) is 0 Å². The van der Waals surface area contributed by atoms with E-state index in [0.29, 0.717) is 0 Å². The first-order valence-electron chi connectivity index (χ1n) is 8.11. The van der Waals surface area contributed by atoms with Gasteiger partial charge in [0.15, 0.2) is 0 Å². The standard InChI is InChI=1S/C17H28N2O.2ClH.Zn/c1-17(2,19(3)4)16(20)15-7-5-13(6-8-15)14-9-11-18-12-10-14;;;/h5-8,15-16,18,20H,9-12H2,1-4H3;2*1H;/q;;;+2/p-2. The zero-order chi connectivity index (χ0) is 17.5. The van der Waals surface area contributed by atoms with Crippen LogP contribution in [0.25, 0.3) is 0 Å². The SMILES string of the molecule is CN(C)C(C)(C)C(O)C1C=CC(=C2CCNCC2)C=C1.[Cl][Zn][Cl]. The van der Waals surface area contributed by atoms with Gasteiger partial charge in [0.2, 0.25) is 0 Å². The number of aliphatic hydroxyl groups is 1. The third kappa shape index (κ3) is 6.27. The molecule has 0 spiro atoms. The molecule has 1 fully saturated rings. The molecule has 2 aliphatic rings. The van der Waals surface area contributed by atoms with Crippen molar-refractivity contribution in [3.8, 4) is 0 Å². The van der Waals surface area contributed by atoms with Crippen molar-refractivity contribution in [2.75, 3.05) is 27.2 Å². The summed E-state index contributed by atoms with van der Waals surface area (Å²) >= 11 is -0.931. The quantitative estimate of drug-likeness (QED) is 0.697. The second-order valence-electron chi connectivity index (χ2n) is 6.70. The molecule has 6 heteroatoms. The van der Waals surface area contributed by atoms with Crippen LogP contribution in [-0.4, -0.2) is 48.8 Å². The number of nitrogens with zero attached hydrogens (tertiary/aromatic N) is 1. The van der Waals surface area contributed by atoms with Gasteiger partial charge in [-0.15, -0.1) is 0 Å². The van der Waals surface area contributed by atoms with Gasteiger partial charge in [-0.3, -0.25) is 0 Å². The summed E-state index contributed by atoms with van der Waals surface area (Å²) < 4.78 is 0. The molecule has 1 unspecified atom stereocenters. The van der Waals surface area contributed by atoms with Crippen LogP contribution in [0.15, 0.2) is 35.5 Å². The minimum atomic E-state index is -0.931. The van der Waals surface area contributed by atoms with Crippen LogP contribution in [0.4, 0.5) is 0 Å². The number of aliphatic hydroxyl groups excluding tert-OH is 1. The fourth-order valence-corrected chi connectivity index (χ4v) is 2.75. The van der Waals surface area contributed by atoms with E-state index in [0.717, 1.165) is 25.9 Å². The fourth-order valence-electron chi connectivity index (χ4n) is 2.75. The second-order valence-corrected chi connectivity index (χ2v) is 11.3. The number of halogens is 2. The average Bonchev–Trinajstić information content (AvgIpc) is 2.55. The number of hydrogen-bond acceptors (Lipinski definition) is 3. The van der Waals surface area contributed by atoms with Crippen molar-refractivity contribution in [2.45, 2.75) is 38.3 Å². The van der Waals surface area contributed by atoms with E-state index in [-0.39, 0.29) is 11.5 Å². The summed E-state index contributed by atoms with van der Waals surface area (Å²) in [7, 11) is 13.9. The third-order valence-electron chi connectivity index (χ3n) is 4.85. The van der Waals surface area contributed by atoms with Crippen LogP contribution in [0.3, 0.4) is 0 Å². The van der Waals surface area contributed by atoms with Gasteiger partial charge in [0.25, 0.3) is 0 Å². The molecule has 0 aromatic carbocycles. The molecule has 1 saturated heterocycles. The van der Waals surface area contributed by atoms with Gasteiger partial charge in [-0.1, -0.05) is 29.9 Å². The molecular formula is C17H28Cl2N2OZn. The molecule has 0 bridgehead atoms. The van der Waals surface area contributed by atoms with Gasteiger partial charge >= 0.3 is 34.5 Å². The van der Waals surface area contributed by atoms with Crippen molar-refractivity contribution < 1.29 is 20.3 Å². The van der Waals surface area contributed by atoms with Crippen molar-refractivity contribution in [1.29, 1.82) is 0 Å². The molecule has 0 amide bonds. The van der Waals surface area contributed by atoms with Gasteiger partial charge < -0.3 is 15.3 Å². The summed E-state index contributed by atoms with van der Waals surface area (Å²) in [5, 5.41) is 14.0. The molecule has 0 aromatic heterocycles. The molecule has 2 rings (SSSR count). The van der Waals surface area contributed by atoms with Crippen LogP contribution in [0.2, 0.25) is 0 Å². The first-order chi connectivity index (χ1) is 10.8. The molecule has 3 nitrogen and oxygen atoms in total. The molecule has 1 heterocycles. The second kappa shape index (κ2) is 10.3. The van der Waals surface area contributed by atoms with Crippen LogP contribution in [0, 0.1) is 5.92 Å². The Bertz CT molecular complexity index is 438. The average molecular weight is 413 g/mol. The predicted molar refractivity (Wildman–Crippen MR) is 96.4 cm³/mol. The van der Waals surface area contributed by atoms with E-state index in [9.17, 15) is 5.11 Å². The normalized spacial score (nSPS) is 22.5. The Morgan fingerprint density at radius 2 is 1.70 bits per heavy atom. The van der Waals surface area contributed by atoms with E-state index in [4.69, 9.17) is 19.4 Å². The molecule has 0 saturated carbocycles. The molecule has 1 aliphatic carbocycles. The van der Waals surface area contributed by atoms with E-state index in [1.54, 1.807) is 0 Å². The van der Waals surface area contributed by atoms with Crippen molar-refractivity contribution in [3.63, 3.8) is 0 Å². The maximum absolute atomic E-state index is 10.6. The van der Waals surface area contributed by atoms with Crippen molar-refractivity contribution in [1.82, 2.24) is 10.2 Å². The number of allylic oxidation sites excluding steroid dienone is 3. The van der Waals surface area contributed by atoms with Crippen LogP contribution in [0.1, 0.15) is 26.7 Å². The summed E-state index contributed by atoms with van der Waals surface area (Å²) in [5.41, 5.74) is 2.65. The van der Waals surface area contributed by atoms with E-state index in [1.165, 1.54) is 11.1 Å². The summed E-state index contributed by atoms with van der Waals surface area (Å²) in [6.45, 7) is 6.33. The van der Waals surface area contributed by atoms with Gasteiger partial charge in [0, 0.05) is 11.5 Å². The number of hydrogen-bond donors (Lipinski definition) is 2. The van der Waals surface area contributed by atoms with Crippen molar-refractivity contribution in [3.05, 3.63) is 35.5 Å². The number of rotatable bonds is 3. The van der Waals surface area contributed by atoms with E-state index >= 15 is 0 Å². The molecule has 23 heavy (non-hydrogen) atoms.